The SMILES string of the molecule is CC(COC(F)(F)C(F)(F)S(=O)(=O)O)OC(=O)C12CC3CC(C1)C1(OCC(F)(F)C(F)(F)CO1)C(C3)C2. The van der Waals surface area contributed by atoms with E-state index in [4.69, 9.17) is 18.8 Å². The van der Waals surface area contributed by atoms with Gasteiger partial charge in [-0.3, -0.25) is 9.35 Å². The van der Waals surface area contributed by atoms with E-state index >= 15 is 0 Å². The molecular weight excluding hydrogens is 552 g/mol. The summed E-state index contributed by atoms with van der Waals surface area (Å²) in [5, 5.41) is -5.97. The molecule has 0 aromatic rings. The minimum atomic E-state index is -6.53. The zero-order valence-electron chi connectivity index (χ0n) is 19.2. The van der Waals surface area contributed by atoms with Crippen LogP contribution in [0.15, 0.2) is 0 Å². The van der Waals surface area contributed by atoms with Crippen molar-refractivity contribution in [1.82, 2.24) is 0 Å². The summed E-state index contributed by atoms with van der Waals surface area (Å²) in [6, 6.07) is 0. The van der Waals surface area contributed by atoms with Gasteiger partial charge in [0.05, 0.1) is 12.0 Å². The molecule has 1 N–H and O–H groups in total. The normalized spacial score (nSPS) is 35.2. The van der Waals surface area contributed by atoms with Crippen molar-refractivity contribution >= 4 is 16.1 Å². The third-order valence-corrected chi connectivity index (χ3v) is 8.61. The largest absolute Gasteiger partial charge is 0.460 e. The summed E-state index contributed by atoms with van der Waals surface area (Å²) in [4.78, 5) is 13.1. The molecule has 4 bridgehead atoms. The van der Waals surface area contributed by atoms with Gasteiger partial charge in [-0.15, -0.1) is 0 Å². The Bertz CT molecular complexity index is 999. The molecule has 1 heterocycles. The fraction of sp³-hybridized carbons (Fsp3) is 0.950. The molecule has 8 nitrogen and oxygen atoms in total. The summed E-state index contributed by atoms with van der Waals surface area (Å²) in [5.74, 6) is -13.2. The van der Waals surface area contributed by atoms with Gasteiger partial charge in [0.2, 0.25) is 0 Å². The number of carbonyl (C=O) groups excluding carboxylic acids is 1. The first-order chi connectivity index (χ1) is 16.7. The number of esters is 1. The van der Waals surface area contributed by atoms with Crippen LogP contribution >= 0.6 is 0 Å². The average molecular weight is 576 g/mol. The number of rotatable bonds is 7. The quantitative estimate of drug-likeness (QED) is 0.277. The summed E-state index contributed by atoms with van der Waals surface area (Å²) in [6.07, 6.45) is -6.36. The minimum Gasteiger partial charge on any atom is -0.460 e. The molecule has 4 saturated carbocycles. The van der Waals surface area contributed by atoms with Crippen LogP contribution in [0.1, 0.15) is 39.0 Å². The lowest BCUT2D eigenvalue weighted by molar-refractivity contribution is -0.346. The lowest BCUT2D eigenvalue weighted by Crippen LogP contribution is -2.65. The van der Waals surface area contributed by atoms with Gasteiger partial charge in [-0.2, -0.15) is 43.5 Å². The monoisotopic (exact) mass is 576 g/mol. The molecule has 0 aromatic heterocycles. The van der Waals surface area contributed by atoms with E-state index in [9.17, 15) is 48.3 Å². The molecule has 0 radical (unpaired) electrons. The van der Waals surface area contributed by atoms with Gasteiger partial charge in [0.1, 0.15) is 19.3 Å². The van der Waals surface area contributed by atoms with Crippen molar-refractivity contribution in [2.24, 2.45) is 23.2 Å². The molecule has 1 spiro atoms. The van der Waals surface area contributed by atoms with Crippen molar-refractivity contribution in [3.8, 4) is 0 Å². The van der Waals surface area contributed by atoms with Crippen molar-refractivity contribution < 1.29 is 71.8 Å². The smallest absolute Gasteiger partial charge is 0.459 e. The molecule has 214 valence electrons. The molecule has 17 heteroatoms. The van der Waals surface area contributed by atoms with Crippen LogP contribution in [0.4, 0.5) is 35.1 Å². The summed E-state index contributed by atoms with van der Waals surface area (Å²) >= 11 is 0. The van der Waals surface area contributed by atoms with Crippen LogP contribution in [0.3, 0.4) is 0 Å². The fourth-order valence-corrected chi connectivity index (χ4v) is 6.46. The topological polar surface area (TPSA) is 108 Å². The highest BCUT2D eigenvalue weighted by Crippen LogP contribution is 2.66. The zero-order valence-corrected chi connectivity index (χ0v) is 20.0. The van der Waals surface area contributed by atoms with Crippen LogP contribution in [0.2, 0.25) is 0 Å². The van der Waals surface area contributed by atoms with Gasteiger partial charge in [-0.1, -0.05) is 0 Å². The Balaban J connectivity index is 1.44. The predicted octanol–water partition coefficient (Wildman–Crippen LogP) is 3.85. The van der Waals surface area contributed by atoms with Gasteiger partial charge in [0.15, 0.2) is 5.79 Å². The van der Waals surface area contributed by atoms with Gasteiger partial charge in [0.25, 0.3) is 0 Å². The van der Waals surface area contributed by atoms with Crippen LogP contribution in [0.5, 0.6) is 0 Å². The Kier molecular flexibility index (Phi) is 6.67. The third kappa shape index (κ3) is 4.51. The van der Waals surface area contributed by atoms with Gasteiger partial charge >= 0.3 is 39.3 Å². The molecule has 5 aliphatic rings. The van der Waals surface area contributed by atoms with E-state index in [0.717, 1.165) is 6.92 Å². The van der Waals surface area contributed by atoms with E-state index in [2.05, 4.69) is 4.74 Å². The molecule has 0 aromatic carbocycles. The fourth-order valence-electron chi connectivity index (χ4n) is 6.11. The van der Waals surface area contributed by atoms with Crippen molar-refractivity contribution in [3.05, 3.63) is 0 Å². The Hall–Kier alpha value is -1.30. The molecule has 5 rings (SSSR count). The lowest BCUT2D eigenvalue weighted by Gasteiger charge is -2.62. The Morgan fingerprint density at radius 3 is 1.95 bits per heavy atom. The number of halogens is 8. The highest BCUT2D eigenvalue weighted by Gasteiger charge is 2.71. The van der Waals surface area contributed by atoms with Crippen molar-refractivity contribution in [2.75, 3.05) is 19.8 Å². The third-order valence-electron chi connectivity index (χ3n) is 7.72. The second-order valence-corrected chi connectivity index (χ2v) is 11.8. The zero-order chi connectivity index (χ0) is 27.9. The van der Waals surface area contributed by atoms with E-state index < -0.39 is 88.3 Å². The molecule has 3 atom stereocenters. The summed E-state index contributed by atoms with van der Waals surface area (Å²) < 4.78 is 158. The van der Waals surface area contributed by atoms with Crippen molar-refractivity contribution in [3.63, 3.8) is 0 Å². The molecule has 0 amide bonds. The Labute approximate surface area is 205 Å². The van der Waals surface area contributed by atoms with Crippen molar-refractivity contribution in [2.45, 2.75) is 74.1 Å². The maximum absolute atomic E-state index is 13.9. The molecule has 5 fully saturated rings. The van der Waals surface area contributed by atoms with E-state index in [1.54, 1.807) is 0 Å². The van der Waals surface area contributed by atoms with Crippen LogP contribution in [0.25, 0.3) is 0 Å². The highest BCUT2D eigenvalue weighted by atomic mass is 32.2. The van der Waals surface area contributed by atoms with Crippen molar-refractivity contribution in [1.29, 1.82) is 0 Å². The van der Waals surface area contributed by atoms with E-state index in [1.165, 1.54) is 0 Å². The summed E-state index contributed by atoms with van der Waals surface area (Å²) in [5.41, 5.74) is -1.25. The van der Waals surface area contributed by atoms with Gasteiger partial charge in [0, 0.05) is 11.8 Å². The summed E-state index contributed by atoms with van der Waals surface area (Å²) in [6.45, 7) is -3.50. The Morgan fingerprint density at radius 2 is 1.49 bits per heavy atom. The second kappa shape index (κ2) is 8.60. The minimum absolute atomic E-state index is 0.0550. The molecular formula is C20H24F8O8S. The first-order valence-corrected chi connectivity index (χ1v) is 12.7. The van der Waals surface area contributed by atoms with Crippen LogP contribution in [-0.4, -0.2) is 73.9 Å². The molecule has 4 aliphatic carbocycles. The average Bonchev–Trinajstić information content (AvgIpc) is 2.84. The Morgan fingerprint density at radius 1 is 1.00 bits per heavy atom. The number of hydrogen-bond donors (Lipinski definition) is 1. The molecule has 37 heavy (non-hydrogen) atoms. The van der Waals surface area contributed by atoms with E-state index in [0.29, 0.717) is 12.8 Å². The maximum Gasteiger partial charge on any atom is 0.459 e. The number of carbonyl (C=O) groups is 1. The lowest BCUT2D eigenvalue weighted by atomic mass is 9.47. The van der Waals surface area contributed by atoms with Crippen LogP contribution < -0.4 is 0 Å². The van der Waals surface area contributed by atoms with Gasteiger partial charge in [-0.25, -0.2) is 0 Å². The summed E-state index contributed by atoms with van der Waals surface area (Å²) in [7, 11) is -6.53. The molecule has 1 saturated heterocycles. The van der Waals surface area contributed by atoms with Crippen LogP contribution in [-0.2, 0) is 33.9 Å². The molecule has 3 unspecified atom stereocenters. The number of hydrogen-bond acceptors (Lipinski definition) is 7. The first kappa shape index (κ1) is 28.7. The standard InChI is InChI=1S/C20H24F8O8S/c1-10(7-33-19(25,26)20(27,28)37(30,31)32)36-14(29)15-4-11-2-12(5-15)18(13(3-11)6-15)34-8-16(21,22)17(23,24)9-35-18/h10-13H,2-9H2,1H3,(H,30,31,32). The van der Waals surface area contributed by atoms with E-state index in [-0.39, 0.29) is 25.2 Å². The second-order valence-electron chi connectivity index (χ2n) is 10.4. The van der Waals surface area contributed by atoms with Crippen LogP contribution in [0, 0.1) is 23.2 Å². The van der Waals surface area contributed by atoms with Gasteiger partial charge < -0.3 is 18.9 Å². The van der Waals surface area contributed by atoms with Gasteiger partial charge in [-0.05, 0) is 44.9 Å². The highest BCUT2D eigenvalue weighted by molar-refractivity contribution is 7.86. The van der Waals surface area contributed by atoms with E-state index in [1.807, 2.05) is 0 Å². The maximum atomic E-state index is 13.9. The molecule has 1 aliphatic heterocycles. The number of alkyl halides is 8. The first-order valence-electron chi connectivity index (χ1n) is 11.3. The number of ether oxygens (including phenoxy) is 4. The predicted molar refractivity (Wildman–Crippen MR) is 103 cm³/mol.